The number of thioether (sulfide) groups is 1. The van der Waals surface area contributed by atoms with Crippen molar-refractivity contribution in [3.63, 3.8) is 0 Å². The molecular formula is C23H20FN5O4S2. The molecule has 0 saturated carbocycles. The topological polar surface area (TPSA) is 120 Å². The first kappa shape index (κ1) is 24.5. The quantitative estimate of drug-likeness (QED) is 0.200. The molecule has 1 aromatic heterocycles. The fourth-order valence-corrected chi connectivity index (χ4v) is 5.09. The van der Waals surface area contributed by atoms with Crippen LogP contribution in [0.25, 0.3) is 5.69 Å². The highest BCUT2D eigenvalue weighted by Crippen LogP contribution is 2.27. The normalized spacial score (nSPS) is 11.5. The van der Waals surface area contributed by atoms with Crippen molar-refractivity contribution in [3.05, 3.63) is 106 Å². The number of hydrogen-bond donors (Lipinski definition) is 1. The summed E-state index contributed by atoms with van der Waals surface area (Å²) in [5.41, 5.74) is 2.25. The molecule has 35 heavy (non-hydrogen) atoms. The van der Waals surface area contributed by atoms with Crippen LogP contribution in [0.1, 0.15) is 17.0 Å². The van der Waals surface area contributed by atoms with Crippen LogP contribution in [0.15, 0.2) is 82.8 Å². The van der Waals surface area contributed by atoms with E-state index in [-0.39, 0.29) is 22.9 Å². The van der Waals surface area contributed by atoms with Crippen LogP contribution >= 0.6 is 11.8 Å². The predicted octanol–water partition coefficient (Wildman–Crippen LogP) is 4.39. The number of nitrogens with zero attached hydrogens (tertiary/aromatic N) is 4. The fourth-order valence-electron chi connectivity index (χ4n) is 3.18. The number of halogens is 1. The summed E-state index contributed by atoms with van der Waals surface area (Å²) in [6.45, 7) is 1.71. The molecule has 0 aliphatic carbocycles. The third kappa shape index (κ3) is 5.91. The van der Waals surface area contributed by atoms with Crippen LogP contribution < -0.4 is 4.72 Å². The summed E-state index contributed by atoms with van der Waals surface area (Å²) >= 11 is 1.32. The zero-order valence-corrected chi connectivity index (χ0v) is 20.1. The van der Waals surface area contributed by atoms with Gasteiger partial charge in [-0.2, -0.15) is 0 Å². The van der Waals surface area contributed by atoms with Crippen molar-refractivity contribution in [2.45, 2.75) is 29.3 Å². The van der Waals surface area contributed by atoms with Gasteiger partial charge in [-0.05, 0) is 48.9 Å². The number of hydrogen-bond acceptors (Lipinski definition) is 7. The first-order valence-electron chi connectivity index (χ1n) is 10.4. The van der Waals surface area contributed by atoms with Gasteiger partial charge in [0.1, 0.15) is 5.82 Å². The lowest BCUT2D eigenvalue weighted by Crippen LogP contribution is -2.25. The van der Waals surface area contributed by atoms with Crippen LogP contribution in [0, 0.1) is 22.9 Å². The molecule has 3 aromatic carbocycles. The molecule has 0 aliphatic heterocycles. The van der Waals surface area contributed by atoms with Crippen LogP contribution in [-0.2, 0) is 22.3 Å². The molecule has 4 rings (SSSR count). The van der Waals surface area contributed by atoms with Gasteiger partial charge in [-0.3, -0.25) is 14.7 Å². The Balaban J connectivity index is 1.62. The van der Waals surface area contributed by atoms with Gasteiger partial charge in [0.15, 0.2) is 11.0 Å². The van der Waals surface area contributed by atoms with Gasteiger partial charge < -0.3 is 0 Å². The van der Waals surface area contributed by atoms with E-state index in [2.05, 4.69) is 14.9 Å². The van der Waals surface area contributed by atoms with E-state index in [9.17, 15) is 22.9 Å². The Hall–Kier alpha value is -3.61. The molecule has 0 aliphatic rings. The number of nitro benzene ring substituents is 1. The third-order valence-electron chi connectivity index (χ3n) is 5.05. The second-order valence-corrected chi connectivity index (χ2v) is 10.3. The van der Waals surface area contributed by atoms with Crippen LogP contribution in [0.3, 0.4) is 0 Å². The first-order valence-corrected chi connectivity index (χ1v) is 12.8. The van der Waals surface area contributed by atoms with Crippen LogP contribution in [-0.4, -0.2) is 28.1 Å². The molecule has 0 spiro atoms. The Morgan fingerprint density at radius 1 is 1.00 bits per heavy atom. The van der Waals surface area contributed by atoms with E-state index in [0.717, 1.165) is 11.1 Å². The van der Waals surface area contributed by atoms with Crippen molar-refractivity contribution in [3.8, 4) is 5.69 Å². The van der Waals surface area contributed by atoms with Gasteiger partial charge in [-0.25, -0.2) is 17.5 Å². The first-order chi connectivity index (χ1) is 16.7. The van der Waals surface area contributed by atoms with E-state index in [1.807, 2.05) is 6.92 Å². The smallest absolute Gasteiger partial charge is 0.269 e. The van der Waals surface area contributed by atoms with Gasteiger partial charge in [0.2, 0.25) is 10.0 Å². The number of non-ortho nitro benzene ring substituents is 1. The molecule has 12 heteroatoms. The van der Waals surface area contributed by atoms with E-state index in [1.54, 1.807) is 41.0 Å². The average Bonchev–Trinajstić information content (AvgIpc) is 3.25. The number of aromatic nitrogens is 3. The molecule has 1 heterocycles. The standard InChI is InChI=1S/C23H20FN5O4S2/c1-16-2-12-21(13-3-16)35(32,33)25-14-22-26-27-23(34-15-17-4-6-18(24)7-5-17)28(22)19-8-10-20(11-9-19)29(30)31/h2-13,25H,14-15H2,1H3. The van der Waals surface area contributed by atoms with Crippen molar-refractivity contribution in [2.75, 3.05) is 0 Å². The van der Waals surface area contributed by atoms with Gasteiger partial charge >= 0.3 is 0 Å². The minimum Gasteiger partial charge on any atom is -0.273 e. The Kier molecular flexibility index (Phi) is 7.24. The van der Waals surface area contributed by atoms with Gasteiger partial charge in [-0.15, -0.1) is 10.2 Å². The molecule has 0 atom stereocenters. The number of nitro groups is 1. The average molecular weight is 514 g/mol. The number of sulfonamides is 1. The molecule has 1 N–H and O–H groups in total. The molecule has 4 aromatic rings. The highest BCUT2D eigenvalue weighted by molar-refractivity contribution is 7.98. The van der Waals surface area contributed by atoms with E-state index in [1.165, 1.54) is 48.2 Å². The van der Waals surface area contributed by atoms with Crippen LogP contribution in [0.4, 0.5) is 10.1 Å². The summed E-state index contributed by atoms with van der Waals surface area (Å²) in [4.78, 5) is 10.7. The molecule has 180 valence electrons. The lowest BCUT2D eigenvalue weighted by atomic mass is 10.2. The lowest BCUT2D eigenvalue weighted by Gasteiger charge is -2.11. The van der Waals surface area contributed by atoms with Crippen LogP contribution in [0.5, 0.6) is 0 Å². The zero-order chi connectivity index (χ0) is 25.0. The second kappa shape index (κ2) is 10.3. The Morgan fingerprint density at radius 2 is 1.66 bits per heavy atom. The largest absolute Gasteiger partial charge is 0.273 e. The van der Waals surface area contributed by atoms with Gasteiger partial charge in [0.25, 0.3) is 5.69 Å². The van der Waals surface area contributed by atoms with Crippen molar-refractivity contribution in [1.82, 2.24) is 19.5 Å². The maximum Gasteiger partial charge on any atom is 0.269 e. The van der Waals surface area contributed by atoms with E-state index in [0.29, 0.717) is 22.4 Å². The number of benzene rings is 3. The van der Waals surface area contributed by atoms with E-state index in [4.69, 9.17) is 0 Å². The van der Waals surface area contributed by atoms with Crippen molar-refractivity contribution in [2.24, 2.45) is 0 Å². The highest BCUT2D eigenvalue weighted by atomic mass is 32.2. The lowest BCUT2D eigenvalue weighted by molar-refractivity contribution is -0.384. The van der Waals surface area contributed by atoms with Crippen LogP contribution in [0.2, 0.25) is 0 Å². The molecule has 9 nitrogen and oxygen atoms in total. The van der Waals surface area contributed by atoms with Gasteiger partial charge in [0, 0.05) is 23.6 Å². The minimum atomic E-state index is -3.80. The van der Waals surface area contributed by atoms with Crippen molar-refractivity contribution < 1.29 is 17.7 Å². The Morgan fingerprint density at radius 3 is 2.29 bits per heavy atom. The summed E-state index contributed by atoms with van der Waals surface area (Å²) in [6, 6.07) is 18.3. The summed E-state index contributed by atoms with van der Waals surface area (Å²) in [5, 5.41) is 19.9. The molecular weight excluding hydrogens is 493 g/mol. The summed E-state index contributed by atoms with van der Waals surface area (Å²) in [5.74, 6) is 0.424. The minimum absolute atomic E-state index is 0.0797. The summed E-state index contributed by atoms with van der Waals surface area (Å²) in [7, 11) is -3.80. The van der Waals surface area contributed by atoms with E-state index < -0.39 is 14.9 Å². The molecule has 0 unspecified atom stereocenters. The Bertz CT molecular complexity index is 1440. The third-order valence-corrected chi connectivity index (χ3v) is 7.47. The van der Waals surface area contributed by atoms with Gasteiger partial charge in [0.05, 0.1) is 16.4 Å². The monoisotopic (exact) mass is 513 g/mol. The molecule has 0 saturated heterocycles. The maximum atomic E-state index is 13.2. The fraction of sp³-hybridized carbons (Fsp3) is 0.130. The second-order valence-electron chi connectivity index (χ2n) is 7.56. The highest BCUT2D eigenvalue weighted by Gasteiger charge is 2.19. The SMILES string of the molecule is Cc1ccc(S(=O)(=O)NCc2nnc(SCc3ccc(F)cc3)n2-c2ccc([N+](=O)[O-])cc2)cc1. The van der Waals surface area contributed by atoms with Gasteiger partial charge in [-0.1, -0.05) is 41.6 Å². The number of nitrogens with one attached hydrogen (secondary N) is 1. The van der Waals surface area contributed by atoms with Crippen molar-refractivity contribution >= 4 is 27.5 Å². The zero-order valence-electron chi connectivity index (χ0n) is 18.5. The molecule has 0 fully saturated rings. The molecule has 0 bridgehead atoms. The summed E-state index contributed by atoms with van der Waals surface area (Å²) in [6.07, 6.45) is 0. The number of rotatable bonds is 9. The summed E-state index contributed by atoms with van der Waals surface area (Å²) < 4.78 is 42.9. The Labute approximate surface area is 205 Å². The molecule has 0 amide bonds. The maximum absolute atomic E-state index is 13.2. The predicted molar refractivity (Wildman–Crippen MR) is 129 cm³/mol. The number of aryl methyl sites for hydroxylation is 1. The molecule has 0 radical (unpaired) electrons. The van der Waals surface area contributed by atoms with E-state index >= 15 is 0 Å². The van der Waals surface area contributed by atoms with Crippen molar-refractivity contribution in [1.29, 1.82) is 0 Å².